The minimum absolute atomic E-state index is 0.00276. The summed E-state index contributed by atoms with van der Waals surface area (Å²) in [6.07, 6.45) is -0.169. The Morgan fingerprint density at radius 2 is 1.68 bits per heavy atom. The molecule has 2 aromatic carbocycles. The summed E-state index contributed by atoms with van der Waals surface area (Å²) in [5.41, 5.74) is 2.21. The molecule has 4 atom stereocenters. The zero-order valence-corrected chi connectivity index (χ0v) is 15.3. The summed E-state index contributed by atoms with van der Waals surface area (Å²) < 4.78 is 23.0. The maximum absolute atomic E-state index is 6.07. The summed E-state index contributed by atoms with van der Waals surface area (Å²) in [6, 6.07) is 16.1. The van der Waals surface area contributed by atoms with Crippen LogP contribution in [0.15, 0.2) is 48.5 Å². The van der Waals surface area contributed by atoms with Crippen molar-refractivity contribution in [1.82, 2.24) is 0 Å². The third-order valence-corrected chi connectivity index (χ3v) is 5.00. The van der Waals surface area contributed by atoms with Crippen molar-refractivity contribution >= 4 is 0 Å². The van der Waals surface area contributed by atoms with E-state index in [2.05, 4.69) is 19.9 Å². The normalized spacial score (nSPS) is 25.8. The van der Waals surface area contributed by atoms with Crippen LogP contribution in [-0.4, -0.2) is 20.5 Å². The van der Waals surface area contributed by atoms with Crippen LogP contribution in [-0.2, 0) is 16.1 Å². The van der Waals surface area contributed by atoms with Gasteiger partial charge >= 0.3 is 0 Å². The summed E-state index contributed by atoms with van der Waals surface area (Å²) >= 11 is 0. The molecule has 0 N–H and O–H groups in total. The second-order valence-electron chi connectivity index (χ2n) is 6.56. The SMILES string of the molecule is COc1cc([C@@H]2OC(OC)[C@@H](C)[C@@H]2C)ccc1OCc1ccccc1. The molecule has 0 aliphatic carbocycles. The molecule has 0 radical (unpaired) electrons. The standard InChI is InChI=1S/C21H26O4/c1-14-15(2)21(23-4)25-20(14)17-10-11-18(19(12-17)22-3)24-13-16-8-6-5-7-9-16/h5-12,14-15,20-21H,13H2,1-4H3/t14-,15-,20+,21?/m0/s1. The van der Waals surface area contributed by atoms with Crippen LogP contribution < -0.4 is 9.47 Å². The van der Waals surface area contributed by atoms with Gasteiger partial charge in [0.15, 0.2) is 17.8 Å². The van der Waals surface area contributed by atoms with Gasteiger partial charge in [0.1, 0.15) is 6.61 Å². The topological polar surface area (TPSA) is 36.9 Å². The average molecular weight is 342 g/mol. The van der Waals surface area contributed by atoms with Crippen molar-refractivity contribution in [2.75, 3.05) is 14.2 Å². The molecule has 134 valence electrons. The van der Waals surface area contributed by atoms with Crippen molar-refractivity contribution in [3.8, 4) is 11.5 Å². The van der Waals surface area contributed by atoms with Crippen LogP contribution in [0.1, 0.15) is 31.1 Å². The Kier molecular flexibility index (Phi) is 5.61. The zero-order chi connectivity index (χ0) is 17.8. The van der Waals surface area contributed by atoms with E-state index in [1.165, 1.54) is 0 Å². The Morgan fingerprint density at radius 1 is 0.920 bits per heavy atom. The fourth-order valence-electron chi connectivity index (χ4n) is 3.28. The Bertz CT molecular complexity index is 686. The summed E-state index contributed by atoms with van der Waals surface area (Å²) in [5.74, 6) is 2.16. The molecule has 0 bridgehead atoms. The average Bonchev–Trinajstić information content (AvgIpc) is 2.95. The largest absolute Gasteiger partial charge is 0.493 e. The Morgan fingerprint density at radius 3 is 2.32 bits per heavy atom. The van der Waals surface area contributed by atoms with E-state index >= 15 is 0 Å². The van der Waals surface area contributed by atoms with Crippen molar-refractivity contribution < 1.29 is 18.9 Å². The highest BCUT2D eigenvalue weighted by Gasteiger charge is 2.40. The van der Waals surface area contributed by atoms with Gasteiger partial charge in [-0.05, 0) is 29.2 Å². The van der Waals surface area contributed by atoms with Gasteiger partial charge in [0.05, 0.1) is 13.2 Å². The number of benzene rings is 2. The van der Waals surface area contributed by atoms with Gasteiger partial charge in [-0.1, -0.05) is 50.2 Å². The van der Waals surface area contributed by atoms with E-state index in [9.17, 15) is 0 Å². The molecule has 0 amide bonds. The molecule has 3 rings (SSSR count). The number of rotatable bonds is 6. The minimum atomic E-state index is -0.167. The van der Waals surface area contributed by atoms with Gasteiger partial charge in [0.25, 0.3) is 0 Å². The number of ether oxygens (including phenoxy) is 4. The van der Waals surface area contributed by atoms with Crippen molar-refractivity contribution in [2.45, 2.75) is 32.8 Å². The first-order valence-corrected chi connectivity index (χ1v) is 8.67. The third kappa shape index (κ3) is 3.80. The predicted molar refractivity (Wildman–Crippen MR) is 96.7 cm³/mol. The molecule has 1 aliphatic heterocycles. The zero-order valence-electron chi connectivity index (χ0n) is 15.3. The molecular weight excluding hydrogens is 316 g/mol. The van der Waals surface area contributed by atoms with Crippen LogP contribution in [0.3, 0.4) is 0 Å². The van der Waals surface area contributed by atoms with Crippen molar-refractivity contribution in [1.29, 1.82) is 0 Å². The number of hydrogen-bond acceptors (Lipinski definition) is 4. The lowest BCUT2D eigenvalue weighted by molar-refractivity contribution is -0.130. The molecule has 25 heavy (non-hydrogen) atoms. The summed E-state index contributed by atoms with van der Waals surface area (Å²) in [6.45, 7) is 4.86. The highest BCUT2D eigenvalue weighted by Crippen LogP contribution is 2.44. The van der Waals surface area contributed by atoms with E-state index in [0.29, 0.717) is 18.4 Å². The summed E-state index contributed by atoms with van der Waals surface area (Å²) in [4.78, 5) is 0. The smallest absolute Gasteiger partial charge is 0.161 e. The number of hydrogen-bond donors (Lipinski definition) is 0. The maximum Gasteiger partial charge on any atom is 0.161 e. The van der Waals surface area contributed by atoms with Crippen LogP contribution in [0.2, 0.25) is 0 Å². The molecule has 2 aromatic rings. The van der Waals surface area contributed by atoms with Crippen molar-refractivity contribution in [3.63, 3.8) is 0 Å². The van der Waals surface area contributed by atoms with Crippen LogP contribution >= 0.6 is 0 Å². The molecule has 0 spiro atoms. The van der Waals surface area contributed by atoms with Crippen molar-refractivity contribution in [2.24, 2.45) is 11.8 Å². The second-order valence-corrected chi connectivity index (χ2v) is 6.56. The van der Waals surface area contributed by atoms with Gasteiger partial charge in [-0.3, -0.25) is 0 Å². The second kappa shape index (κ2) is 7.89. The van der Waals surface area contributed by atoms with E-state index in [1.807, 2.05) is 42.5 Å². The van der Waals surface area contributed by atoms with Gasteiger partial charge in [0, 0.05) is 13.0 Å². The van der Waals surface area contributed by atoms with E-state index in [4.69, 9.17) is 18.9 Å². The van der Waals surface area contributed by atoms with Crippen LogP contribution in [0.4, 0.5) is 0 Å². The summed E-state index contributed by atoms with van der Waals surface area (Å²) in [7, 11) is 3.35. The molecule has 4 heteroatoms. The van der Waals surface area contributed by atoms with Gasteiger partial charge in [-0.2, -0.15) is 0 Å². The molecule has 1 saturated heterocycles. The van der Waals surface area contributed by atoms with E-state index in [-0.39, 0.29) is 12.4 Å². The van der Waals surface area contributed by atoms with Gasteiger partial charge < -0.3 is 18.9 Å². The molecule has 4 nitrogen and oxygen atoms in total. The van der Waals surface area contributed by atoms with Gasteiger partial charge in [-0.15, -0.1) is 0 Å². The lowest BCUT2D eigenvalue weighted by atomic mass is 9.89. The Hall–Kier alpha value is -2.04. The minimum Gasteiger partial charge on any atom is -0.493 e. The highest BCUT2D eigenvalue weighted by atomic mass is 16.7. The predicted octanol–water partition coefficient (Wildman–Crippen LogP) is 4.59. The van der Waals surface area contributed by atoms with Crippen LogP contribution in [0.25, 0.3) is 0 Å². The molecule has 1 unspecified atom stereocenters. The number of methoxy groups -OCH3 is 2. The van der Waals surface area contributed by atoms with Crippen molar-refractivity contribution in [3.05, 3.63) is 59.7 Å². The maximum atomic E-state index is 6.07. The summed E-state index contributed by atoms with van der Waals surface area (Å²) in [5, 5.41) is 0. The van der Waals surface area contributed by atoms with Crippen LogP contribution in [0.5, 0.6) is 11.5 Å². The lowest BCUT2D eigenvalue weighted by Gasteiger charge is -2.18. The van der Waals surface area contributed by atoms with Gasteiger partial charge in [0.2, 0.25) is 0 Å². The highest BCUT2D eigenvalue weighted by molar-refractivity contribution is 5.44. The van der Waals surface area contributed by atoms with E-state index in [1.54, 1.807) is 14.2 Å². The van der Waals surface area contributed by atoms with Gasteiger partial charge in [-0.25, -0.2) is 0 Å². The molecular formula is C21H26O4. The third-order valence-electron chi connectivity index (χ3n) is 5.00. The molecule has 1 heterocycles. The lowest BCUT2D eigenvalue weighted by Crippen LogP contribution is -2.17. The molecule has 1 fully saturated rings. The molecule has 0 aromatic heterocycles. The Labute approximate surface area is 149 Å². The van der Waals surface area contributed by atoms with Crippen LogP contribution in [0, 0.1) is 11.8 Å². The first-order valence-electron chi connectivity index (χ1n) is 8.67. The fraction of sp³-hybridized carbons (Fsp3) is 0.429. The van der Waals surface area contributed by atoms with E-state index < -0.39 is 0 Å². The fourth-order valence-corrected chi connectivity index (χ4v) is 3.28. The van der Waals surface area contributed by atoms with E-state index in [0.717, 1.165) is 22.6 Å². The molecule has 1 aliphatic rings. The Balaban J connectivity index is 1.75. The monoisotopic (exact) mass is 342 g/mol. The first-order chi connectivity index (χ1) is 12.1. The first kappa shape index (κ1) is 17.8. The molecule has 0 saturated carbocycles. The quantitative estimate of drug-likeness (QED) is 0.769.